The van der Waals surface area contributed by atoms with Gasteiger partial charge in [-0.05, 0) is 26.0 Å². The number of hydrogen-bond acceptors (Lipinski definition) is 4. The number of methoxy groups -OCH3 is 2. The molecule has 1 atom stereocenters. The van der Waals surface area contributed by atoms with Crippen molar-refractivity contribution in [1.82, 2.24) is 10.2 Å². The Hall–Kier alpha value is -1.47. The minimum absolute atomic E-state index is 0.0815. The molecule has 136 valence electrons. The average Bonchev–Trinajstić information content (AvgIpc) is 2.53. The van der Waals surface area contributed by atoms with Crippen LogP contribution in [-0.2, 0) is 13.0 Å². The summed E-state index contributed by atoms with van der Waals surface area (Å²) in [4.78, 5) is 2.34. The number of ether oxygens (including phenoxy) is 2. The maximum atomic E-state index is 12.4. The molecule has 1 aliphatic heterocycles. The Morgan fingerprint density at radius 1 is 1.29 bits per heavy atom. The van der Waals surface area contributed by atoms with Gasteiger partial charge in [0.15, 0.2) is 0 Å². The summed E-state index contributed by atoms with van der Waals surface area (Å²) in [6.45, 7) is 5.10. The first-order chi connectivity index (χ1) is 11.3. The highest BCUT2D eigenvalue weighted by Gasteiger charge is 2.31. The van der Waals surface area contributed by atoms with Crippen LogP contribution in [0.5, 0.6) is 11.5 Å². The summed E-state index contributed by atoms with van der Waals surface area (Å²) in [6.07, 6.45) is -3.44. The molecule has 1 N–H and O–H groups in total. The van der Waals surface area contributed by atoms with Gasteiger partial charge in [0.1, 0.15) is 11.5 Å². The van der Waals surface area contributed by atoms with Crippen molar-refractivity contribution in [3.63, 3.8) is 0 Å². The molecule has 7 heteroatoms. The molecule has 0 radical (unpaired) electrons. The van der Waals surface area contributed by atoms with Crippen LogP contribution in [0.15, 0.2) is 6.07 Å². The Kier molecular flexibility index (Phi) is 5.98. The van der Waals surface area contributed by atoms with E-state index in [4.69, 9.17) is 9.47 Å². The van der Waals surface area contributed by atoms with Crippen LogP contribution in [0.25, 0.3) is 0 Å². The number of benzene rings is 1. The lowest BCUT2D eigenvalue weighted by atomic mass is 9.89. The van der Waals surface area contributed by atoms with E-state index in [1.165, 1.54) is 0 Å². The molecular formula is C17H25F3N2O2. The molecule has 1 unspecified atom stereocenters. The molecule has 1 heterocycles. The molecule has 24 heavy (non-hydrogen) atoms. The number of likely N-dealkylation sites (N-methyl/N-ethyl adjacent to an activating group) is 1. The SMILES string of the molecule is CCN1CCc2c(OC)c(CNCC(F)(F)F)cc(OC)c2C1C. The predicted octanol–water partition coefficient (Wildman–Crippen LogP) is 3.29. The second kappa shape index (κ2) is 7.61. The van der Waals surface area contributed by atoms with Crippen molar-refractivity contribution in [2.45, 2.75) is 39.0 Å². The van der Waals surface area contributed by atoms with E-state index < -0.39 is 12.7 Å². The van der Waals surface area contributed by atoms with Crippen LogP contribution in [-0.4, -0.2) is 44.9 Å². The molecule has 0 spiro atoms. The fraction of sp³-hybridized carbons (Fsp3) is 0.647. The minimum atomic E-state index is -4.23. The lowest BCUT2D eigenvalue weighted by Gasteiger charge is -2.36. The molecule has 0 saturated heterocycles. The van der Waals surface area contributed by atoms with Gasteiger partial charge in [-0.15, -0.1) is 0 Å². The third-order valence-electron chi connectivity index (χ3n) is 4.55. The minimum Gasteiger partial charge on any atom is -0.496 e. The average molecular weight is 346 g/mol. The number of halogens is 3. The Labute approximate surface area is 140 Å². The van der Waals surface area contributed by atoms with E-state index in [2.05, 4.69) is 24.1 Å². The summed E-state index contributed by atoms with van der Waals surface area (Å²) in [5.74, 6) is 1.38. The van der Waals surface area contributed by atoms with Crippen LogP contribution in [0.2, 0.25) is 0 Å². The molecule has 0 saturated carbocycles. The van der Waals surface area contributed by atoms with Gasteiger partial charge in [0.2, 0.25) is 0 Å². The van der Waals surface area contributed by atoms with Gasteiger partial charge < -0.3 is 14.8 Å². The smallest absolute Gasteiger partial charge is 0.401 e. The van der Waals surface area contributed by atoms with Gasteiger partial charge in [-0.2, -0.15) is 13.2 Å². The number of hydrogen-bond donors (Lipinski definition) is 1. The van der Waals surface area contributed by atoms with E-state index >= 15 is 0 Å². The topological polar surface area (TPSA) is 33.7 Å². The summed E-state index contributed by atoms with van der Waals surface area (Å²) >= 11 is 0. The lowest BCUT2D eigenvalue weighted by Crippen LogP contribution is -2.34. The molecule has 0 aromatic heterocycles. The molecular weight excluding hydrogens is 321 g/mol. The molecule has 0 aliphatic carbocycles. The quantitative estimate of drug-likeness (QED) is 0.857. The standard InChI is InChI=1S/C17H25F3N2O2/c1-5-22-7-6-13-15(11(22)2)14(23-3)8-12(16(13)24-4)9-21-10-17(18,19)20/h8,11,21H,5-7,9-10H2,1-4H3. The monoisotopic (exact) mass is 346 g/mol. The van der Waals surface area contributed by atoms with Gasteiger partial charge in [-0.1, -0.05) is 6.92 Å². The zero-order chi connectivity index (χ0) is 17.9. The highest BCUT2D eigenvalue weighted by molar-refractivity contribution is 5.56. The van der Waals surface area contributed by atoms with Gasteiger partial charge >= 0.3 is 6.18 Å². The van der Waals surface area contributed by atoms with Crippen molar-refractivity contribution in [3.8, 4) is 11.5 Å². The van der Waals surface area contributed by atoms with Crippen LogP contribution in [0, 0.1) is 0 Å². The molecule has 0 bridgehead atoms. The van der Waals surface area contributed by atoms with E-state index in [1.807, 2.05) is 0 Å². The Balaban J connectivity index is 2.37. The fourth-order valence-electron chi connectivity index (χ4n) is 3.43. The molecule has 1 aromatic carbocycles. The van der Waals surface area contributed by atoms with Crippen LogP contribution in [0.1, 0.15) is 36.6 Å². The van der Waals surface area contributed by atoms with E-state index in [1.54, 1.807) is 20.3 Å². The zero-order valence-corrected chi connectivity index (χ0v) is 14.6. The third-order valence-corrected chi connectivity index (χ3v) is 4.55. The number of alkyl halides is 3. The summed E-state index contributed by atoms with van der Waals surface area (Å²) in [5, 5.41) is 2.43. The van der Waals surface area contributed by atoms with Gasteiger partial charge in [0.25, 0.3) is 0 Å². The summed E-state index contributed by atoms with van der Waals surface area (Å²) < 4.78 is 48.2. The number of nitrogens with one attached hydrogen (secondary N) is 1. The van der Waals surface area contributed by atoms with Crippen molar-refractivity contribution in [2.24, 2.45) is 0 Å². The van der Waals surface area contributed by atoms with Crippen molar-refractivity contribution in [3.05, 3.63) is 22.8 Å². The first-order valence-corrected chi connectivity index (χ1v) is 8.10. The second-order valence-corrected chi connectivity index (χ2v) is 5.94. The van der Waals surface area contributed by atoms with E-state index in [9.17, 15) is 13.2 Å². The van der Waals surface area contributed by atoms with Gasteiger partial charge in [0.05, 0.1) is 20.8 Å². The van der Waals surface area contributed by atoms with Crippen molar-refractivity contribution >= 4 is 0 Å². The number of nitrogens with zero attached hydrogens (tertiary/aromatic N) is 1. The maximum absolute atomic E-state index is 12.4. The number of fused-ring (bicyclic) bond motifs is 1. The lowest BCUT2D eigenvalue weighted by molar-refractivity contribution is -0.125. The summed E-state index contributed by atoms with van der Waals surface area (Å²) in [7, 11) is 3.15. The van der Waals surface area contributed by atoms with Crippen molar-refractivity contribution in [1.29, 1.82) is 0 Å². The van der Waals surface area contributed by atoms with Gasteiger partial charge in [-0.25, -0.2) is 0 Å². The molecule has 0 amide bonds. The molecule has 1 aromatic rings. The van der Waals surface area contributed by atoms with Gasteiger partial charge in [0, 0.05) is 35.8 Å². The summed E-state index contributed by atoms with van der Waals surface area (Å²) in [6, 6.07) is 1.97. The fourth-order valence-corrected chi connectivity index (χ4v) is 3.43. The van der Waals surface area contributed by atoms with E-state index in [0.717, 1.165) is 30.6 Å². The van der Waals surface area contributed by atoms with Crippen LogP contribution >= 0.6 is 0 Å². The van der Waals surface area contributed by atoms with Crippen LogP contribution < -0.4 is 14.8 Å². The van der Waals surface area contributed by atoms with E-state index in [-0.39, 0.29) is 12.6 Å². The highest BCUT2D eigenvalue weighted by atomic mass is 19.4. The third kappa shape index (κ3) is 3.95. The maximum Gasteiger partial charge on any atom is 0.401 e. The largest absolute Gasteiger partial charge is 0.496 e. The summed E-state index contributed by atoms with van der Waals surface area (Å²) in [5.41, 5.74) is 2.80. The van der Waals surface area contributed by atoms with Crippen molar-refractivity contribution < 1.29 is 22.6 Å². The van der Waals surface area contributed by atoms with Crippen LogP contribution in [0.4, 0.5) is 13.2 Å². The second-order valence-electron chi connectivity index (χ2n) is 5.94. The predicted molar refractivity (Wildman–Crippen MR) is 86.7 cm³/mol. The molecule has 2 rings (SSSR count). The molecule has 1 aliphatic rings. The first-order valence-electron chi connectivity index (χ1n) is 8.10. The normalized spacial score (nSPS) is 18.4. The Morgan fingerprint density at radius 2 is 2.00 bits per heavy atom. The van der Waals surface area contributed by atoms with Crippen LogP contribution in [0.3, 0.4) is 0 Å². The zero-order valence-electron chi connectivity index (χ0n) is 14.6. The number of rotatable bonds is 6. The Morgan fingerprint density at radius 3 is 2.54 bits per heavy atom. The first kappa shape index (κ1) is 18.9. The van der Waals surface area contributed by atoms with E-state index in [0.29, 0.717) is 17.1 Å². The Bertz CT molecular complexity index is 576. The highest BCUT2D eigenvalue weighted by Crippen LogP contribution is 2.42. The molecule has 4 nitrogen and oxygen atoms in total. The molecule has 0 fully saturated rings. The van der Waals surface area contributed by atoms with Gasteiger partial charge in [-0.3, -0.25) is 4.90 Å². The van der Waals surface area contributed by atoms with Crippen molar-refractivity contribution in [2.75, 3.05) is 33.9 Å².